The summed E-state index contributed by atoms with van der Waals surface area (Å²) in [5, 5.41) is 11.7. The molecule has 0 saturated carbocycles. The molecule has 7 heteroatoms. The van der Waals surface area contributed by atoms with Gasteiger partial charge in [0.05, 0.1) is 28.4 Å². The van der Waals surface area contributed by atoms with E-state index in [9.17, 15) is 14.7 Å². The Labute approximate surface area is 213 Å². The topological polar surface area (TPSA) is 79.7 Å². The van der Waals surface area contributed by atoms with Crippen LogP contribution in [0.25, 0.3) is 16.0 Å². The number of benzene rings is 3. The number of amides is 1. The maximum absolute atomic E-state index is 13.5. The third kappa shape index (κ3) is 4.05. The van der Waals surface area contributed by atoms with Crippen molar-refractivity contribution in [3.05, 3.63) is 94.1 Å². The van der Waals surface area contributed by atoms with Gasteiger partial charge in [-0.25, -0.2) is 4.98 Å². The highest BCUT2D eigenvalue weighted by molar-refractivity contribution is 7.22. The number of hydrogen-bond donors (Lipinski definition) is 1. The fraction of sp³-hybridized carbons (Fsp3) is 0.207. The number of rotatable bonds is 5. The SMILES string of the molecule is CCOc1ccc([C@@H]2C(=C(O)c3ccc(C)cc3)C(=O)C(=O)N2c2nc3c(C)cc(C)cc3s2)cc1. The Kier molecular flexibility index (Phi) is 6.10. The Morgan fingerprint density at radius 3 is 2.36 bits per heavy atom. The van der Waals surface area contributed by atoms with Crippen molar-refractivity contribution in [3.8, 4) is 5.75 Å². The van der Waals surface area contributed by atoms with Crippen molar-refractivity contribution in [2.75, 3.05) is 11.5 Å². The molecule has 0 radical (unpaired) electrons. The summed E-state index contributed by atoms with van der Waals surface area (Å²) in [4.78, 5) is 33.0. The van der Waals surface area contributed by atoms with Gasteiger partial charge in [0.25, 0.3) is 5.78 Å². The number of nitrogens with zero attached hydrogens (tertiary/aromatic N) is 2. The summed E-state index contributed by atoms with van der Waals surface area (Å²) in [6, 6.07) is 17.7. The van der Waals surface area contributed by atoms with Gasteiger partial charge in [0.2, 0.25) is 0 Å². The Morgan fingerprint density at radius 2 is 1.69 bits per heavy atom. The van der Waals surface area contributed by atoms with Crippen LogP contribution in [0.15, 0.2) is 66.2 Å². The predicted molar refractivity (Wildman–Crippen MR) is 143 cm³/mol. The number of ketones is 1. The highest BCUT2D eigenvalue weighted by Gasteiger charge is 2.48. The van der Waals surface area contributed by atoms with Crippen LogP contribution in [-0.2, 0) is 9.59 Å². The second-order valence-corrected chi connectivity index (χ2v) is 9.97. The average Bonchev–Trinajstić information content (AvgIpc) is 3.38. The molecule has 0 bridgehead atoms. The minimum Gasteiger partial charge on any atom is -0.507 e. The number of carbonyl (C=O) groups excluding carboxylic acids is 2. The highest BCUT2D eigenvalue weighted by Crippen LogP contribution is 2.45. The summed E-state index contributed by atoms with van der Waals surface area (Å²) in [7, 11) is 0. The largest absolute Gasteiger partial charge is 0.507 e. The Hall–Kier alpha value is -3.97. The third-order valence-electron chi connectivity index (χ3n) is 6.30. The molecule has 1 aromatic heterocycles. The first-order chi connectivity index (χ1) is 17.3. The number of aromatic nitrogens is 1. The van der Waals surface area contributed by atoms with Gasteiger partial charge in [0.1, 0.15) is 11.5 Å². The van der Waals surface area contributed by atoms with E-state index >= 15 is 0 Å². The standard InChI is InChI=1S/C29H26N2O4S/c1-5-35-21-12-10-19(11-13-21)25-23(26(32)20-8-6-16(2)7-9-20)27(33)28(34)31(25)29-30-24-18(4)14-17(3)15-22(24)36-29/h6-15,25,32H,5H2,1-4H3/t25-/m1/s1. The second kappa shape index (κ2) is 9.24. The molecule has 1 fully saturated rings. The van der Waals surface area contributed by atoms with Crippen molar-refractivity contribution in [1.82, 2.24) is 4.98 Å². The lowest BCUT2D eigenvalue weighted by molar-refractivity contribution is -0.132. The number of anilines is 1. The van der Waals surface area contributed by atoms with Gasteiger partial charge < -0.3 is 9.84 Å². The Bertz CT molecular complexity index is 1520. The molecule has 1 amide bonds. The number of Topliss-reactive ketones (excluding diaryl/α,β-unsaturated/α-hetero) is 1. The fourth-order valence-corrected chi connectivity index (χ4v) is 5.76. The number of aliphatic hydroxyl groups is 1. The van der Waals surface area contributed by atoms with Crippen LogP contribution in [0, 0.1) is 20.8 Å². The smallest absolute Gasteiger partial charge is 0.301 e. The molecule has 1 aliphatic heterocycles. The Morgan fingerprint density at radius 1 is 1.00 bits per heavy atom. The van der Waals surface area contributed by atoms with E-state index in [1.54, 1.807) is 24.3 Å². The second-order valence-electron chi connectivity index (χ2n) is 8.96. The Balaban J connectivity index is 1.71. The molecule has 0 aliphatic carbocycles. The van der Waals surface area contributed by atoms with Crippen LogP contribution < -0.4 is 9.64 Å². The minimum absolute atomic E-state index is 0.0418. The van der Waals surface area contributed by atoms with Crippen LogP contribution in [0.4, 0.5) is 5.13 Å². The maximum atomic E-state index is 13.5. The summed E-state index contributed by atoms with van der Waals surface area (Å²) in [5.74, 6) is -0.971. The number of ether oxygens (including phenoxy) is 1. The van der Waals surface area contributed by atoms with Gasteiger partial charge in [-0.1, -0.05) is 59.4 Å². The van der Waals surface area contributed by atoms with Crippen LogP contribution in [0.3, 0.4) is 0 Å². The van der Waals surface area contributed by atoms with Crippen molar-refractivity contribution >= 4 is 44.1 Å². The van der Waals surface area contributed by atoms with E-state index in [1.165, 1.54) is 16.2 Å². The lowest BCUT2D eigenvalue weighted by Crippen LogP contribution is -2.29. The predicted octanol–water partition coefficient (Wildman–Crippen LogP) is 6.25. The lowest BCUT2D eigenvalue weighted by Gasteiger charge is -2.23. The van der Waals surface area contributed by atoms with Gasteiger partial charge in [-0.2, -0.15) is 0 Å². The number of aliphatic hydroxyl groups excluding tert-OH is 1. The minimum atomic E-state index is -0.830. The normalized spacial score (nSPS) is 17.2. The molecule has 1 aliphatic rings. The van der Waals surface area contributed by atoms with Crippen molar-refractivity contribution in [3.63, 3.8) is 0 Å². The van der Waals surface area contributed by atoms with E-state index in [-0.39, 0.29) is 11.3 Å². The molecule has 182 valence electrons. The molecule has 0 spiro atoms. The van der Waals surface area contributed by atoms with Crippen molar-refractivity contribution in [2.45, 2.75) is 33.7 Å². The summed E-state index contributed by atoms with van der Waals surface area (Å²) in [5.41, 5.74) is 5.12. The number of fused-ring (bicyclic) bond motifs is 1. The lowest BCUT2D eigenvalue weighted by atomic mass is 9.95. The number of carbonyl (C=O) groups is 2. The number of hydrogen-bond acceptors (Lipinski definition) is 6. The molecule has 5 rings (SSSR count). The van der Waals surface area contributed by atoms with E-state index in [4.69, 9.17) is 9.72 Å². The van der Waals surface area contributed by atoms with Gasteiger partial charge in [0.15, 0.2) is 5.13 Å². The molecule has 0 unspecified atom stereocenters. The zero-order valence-corrected chi connectivity index (χ0v) is 21.3. The summed E-state index contributed by atoms with van der Waals surface area (Å²) >= 11 is 1.36. The van der Waals surface area contributed by atoms with E-state index < -0.39 is 17.7 Å². The first kappa shape index (κ1) is 23.8. The van der Waals surface area contributed by atoms with Crippen LogP contribution in [0.1, 0.15) is 40.8 Å². The van der Waals surface area contributed by atoms with Crippen LogP contribution >= 0.6 is 11.3 Å². The summed E-state index contributed by atoms with van der Waals surface area (Å²) in [6.07, 6.45) is 0. The third-order valence-corrected chi connectivity index (χ3v) is 7.30. The molecule has 1 N–H and O–H groups in total. The molecule has 3 aromatic carbocycles. The van der Waals surface area contributed by atoms with Crippen molar-refractivity contribution in [2.24, 2.45) is 0 Å². The summed E-state index contributed by atoms with van der Waals surface area (Å²) < 4.78 is 6.52. The van der Waals surface area contributed by atoms with E-state index in [1.807, 2.05) is 64.1 Å². The molecular weight excluding hydrogens is 472 g/mol. The van der Waals surface area contributed by atoms with E-state index in [2.05, 4.69) is 0 Å². The van der Waals surface area contributed by atoms with Crippen molar-refractivity contribution in [1.29, 1.82) is 0 Å². The quantitative estimate of drug-likeness (QED) is 0.200. The average molecular weight is 499 g/mol. The first-order valence-corrected chi connectivity index (χ1v) is 12.6. The summed E-state index contributed by atoms with van der Waals surface area (Å²) in [6.45, 7) is 8.37. The van der Waals surface area contributed by atoms with E-state index in [0.717, 1.165) is 26.9 Å². The molecule has 2 heterocycles. The molecule has 36 heavy (non-hydrogen) atoms. The van der Waals surface area contributed by atoms with Gasteiger partial charge in [-0.15, -0.1) is 0 Å². The van der Waals surface area contributed by atoms with Crippen molar-refractivity contribution < 1.29 is 19.4 Å². The molecule has 4 aromatic rings. The molecular formula is C29H26N2O4S. The monoisotopic (exact) mass is 498 g/mol. The van der Waals surface area contributed by atoms with Gasteiger partial charge >= 0.3 is 5.91 Å². The van der Waals surface area contributed by atoms with Crippen LogP contribution in [0.2, 0.25) is 0 Å². The van der Waals surface area contributed by atoms with Gasteiger partial charge in [-0.3, -0.25) is 14.5 Å². The van der Waals surface area contributed by atoms with Gasteiger partial charge in [0, 0.05) is 5.56 Å². The fourth-order valence-electron chi connectivity index (χ4n) is 4.59. The zero-order valence-electron chi connectivity index (χ0n) is 20.5. The van der Waals surface area contributed by atoms with Crippen LogP contribution in [0.5, 0.6) is 5.75 Å². The van der Waals surface area contributed by atoms with Gasteiger partial charge in [-0.05, 0) is 62.6 Å². The van der Waals surface area contributed by atoms with Crippen LogP contribution in [-0.4, -0.2) is 28.4 Å². The maximum Gasteiger partial charge on any atom is 0.301 e. The zero-order chi connectivity index (χ0) is 25.6. The highest BCUT2D eigenvalue weighted by atomic mass is 32.1. The number of thiazole rings is 1. The molecule has 1 atom stereocenters. The van der Waals surface area contributed by atoms with E-state index in [0.29, 0.717) is 28.6 Å². The first-order valence-electron chi connectivity index (χ1n) is 11.8. The molecule has 6 nitrogen and oxygen atoms in total. The number of aryl methyl sites for hydroxylation is 3. The molecule has 1 saturated heterocycles.